The Labute approximate surface area is 130 Å². The molecule has 0 spiro atoms. The van der Waals surface area contributed by atoms with Crippen LogP contribution in [0.2, 0.25) is 0 Å². The van der Waals surface area contributed by atoms with Crippen molar-refractivity contribution in [1.82, 2.24) is 9.47 Å². The van der Waals surface area contributed by atoms with Crippen LogP contribution in [0.15, 0.2) is 34.9 Å². The summed E-state index contributed by atoms with van der Waals surface area (Å²) in [5.74, 6) is -0.477. The van der Waals surface area contributed by atoms with Gasteiger partial charge in [0.15, 0.2) is 0 Å². The summed E-state index contributed by atoms with van der Waals surface area (Å²) in [7, 11) is 0. The van der Waals surface area contributed by atoms with Gasteiger partial charge >= 0.3 is 0 Å². The van der Waals surface area contributed by atoms with Crippen LogP contribution >= 0.6 is 15.9 Å². The Kier molecular flexibility index (Phi) is 3.71. The first-order valence-corrected chi connectivity index (χ1v) is 7.69. The van der Waals surface area contributed by atoms with Crippen LogP contribution in [0.3, 0.4) is 0 Å². The third-order valence-corrected chi connectivity index (χ3v) is 4.44. The van der Waals surface area contributed by atoms with E-state index >= 15 is 0 Å². The predicted molar refractivity (Wildman–Crippen MR) is 83.6 cm³/mol. The van der Waals surface area contributed by atoms with Crippen LogP contribution in [0.1, 0.15) is 12.8 Å². The van der Waals surface area contributed by atoms with Gasteiger partial charge in [-0.3, -0.25) is 9.59 Å². The SMILES string of the molecule is NC(=O)[C@@H]1CCCN1C(=O)Cn1ccc2ccc(Br)cc21. The molecule has 1 aliphatic rings. The highest BCUT2D eigenvalue weighted by Crippen LogP contribution is 2.22. The van der Waals surface area contributed by atoms with Gasteiger partial charge in [0, 0.05) is 22.7 Å². The number of benzene rings is 1. The van der Waals surface area contributed by atoms with Gasteiger partial charge in [0.25, 0.3) is 0 Å². The Balaban J connectivity index is 1.83. The van der Waals surface area contributed by atoms with E-state index in [1.54, 1.807) is 4.90 Å². The van der Waals surface area contributed by atoms with E-state index in [0.29, 0.717) is 13.0 Å². The Bertz CT molecular complexity index is 710. The number of halogens is 1. The molecule has 2 N–H and O–H groups in total. The third-order valence-electron chi connectivity index (χ3n) is 3.94. The molecular formula is C15H16BrN3O2. The van der Waals surface area contributed by atoms with Gasteiger partial charge in [-0.15, -0.1) is 0 Å². The molecular weight excluding hydrogens is 334 g/mol. The first-order chi connectivity index (χ1) is 10.1. The highest BCUT2D eigenvalue weighted by Gasteiger charge is 2.32. The van der Waals surface area contributed by atoms with E-state index in [1.807, 2.05) is 35.0 Å². The molecule has 3 rings (SSSR count). The first-order valence-electron chi connectivity index (χ1n) is 6.89. The molecule has 0 aliphatic carbocycles. The molecule has 2 heterocycles. The molecule has 1 aromatic heterocycles. The van der Waals surface area contributed by atoms with Crippen LogP contribution in [-0.4, -0.2) is 33.9 Å². The van der Waals surface area contributed by atoms with Gasteiger partial charge in [-0.1, -0.05) is 22.0 Å². The lowest BCUT2D eigenvalue weighted by Crippen LogP contribution is -2.44. The maximum absolute atomic E-state index is 12.4. The number of rotatable bonds is 3. The van der Waals surface area contributed by atoms with Gasteiger partial charge in [0.1, 0.15) is 12.6 Å². The highest BCUT2D eigenvalue weighted by molar-refractivity contribution is 9.10. The molecule has 1 aromatic carbocycles. The fourth-order valence-corrected chi connectivity index (χ4v) is 3.24. The second-order valence-corrected chi connectivity index (χ2v) is 6.21. The zero-order valence-electron chi connectivity index (χ0n) is 11.5. The maximum Gasteiger partial charge on any atom is 0.243 e. The molecule has 0 bridgehead atoms. The van der Waals surface area contributed by atoms with Crippen molar-refractivity contribution in [1.29, 1.82) is 0 Å². The molecule has 2 amide bonds. The smallest absolute Gasteiger partial charge is 0.243 e. The van der Waals surface area contributed by atoms with Gasteiger partial charge in [0.05, 0.1) is 0 Å². The number of nitrogens with zero attached hydrogens (tertiary/aromatic N) is 2. The van der Waals surface area contributed by atoms with Crippen LogP contribution in [0.25, 0.3) is 10.9 Å². The third kappa shape index (κ3) is 2.68. The monoisotopic (exact) mass is 349 g/mol. The lowest BCUT2D eigenvalue weighted by Gasteiger charge is -2.22. The molecule has 2 aromatic rings. The summed E-state index contributed by atoms with van der Waals surface area (Å²) < 4.78 is 2.87. The van der Waals surface area contributed by atoms with E-state index in [-0.39, 0.29) is 12.5 Å². The van der Waals surface area contributed by atoms with Crippen molar-refractivity contribution >= 4 is 38.6 Å². The number of carbonyl (C=O) groups excluding carboxylic acids is 2. The normalized spacial score (nSPS) is 18.3. The number of fused-ring (bicyclic) bond motifs is 1. The first kappa shape index (κ1) is 14.1. The Morgan fingerprint density at radius 1 is 1.33 bits per heavy atom. The molecule has 1 saturated heterocycles. The molecule has 1 fully saturated rings. The summed E-state index contributed by atoms with van der Waals surface area (Å²) in [5.41, 5.74) is 6.36. The van der Waals surface area contributed by atoms with Crippen molar-refractivity contribution in [3.63, 3.8) is 0 Å². The van der Waals surface area contributed by atoms with E-state index in [2.05, 4.69) is 15.9 Å². The van der Waals surface area contributed by atoms with Crippen molar-refractivity contribution in [3.8, 4) is 0 Å². The fourth-order valence-electron chi connectivity index (χ4n) is 2.89. The van der Waals surface area contributed by atoms with Crippen molar-refractivity contribution < 1.29 is 9.59 Å². The number of likely N-dealkylation sites (tertiary alicyclic amines) is 1. The predicted octanol–water partition coefficient (Wildman–Crippen LogP) is 1.88. The van der Waals surface area contributed by atoms with E-state index in [4.69, 9.17) is 5.73 Å². The van der Waals surface area contributed by atoms with Crippen LogP contribution in [0.4, 0.5) is 0 Å². The number of hydrogen-bond acceptors (Lipinski definition) is 2. The van der Waals surface area contributed by atoms with Crippen molar-refractivity contribution in [3.05, 3.63) is 34.9 Å². The minimum atomic E-state index is -0.453. The lowest BCUT2D eigenvalue weighted by molar-refractivity contribution is -0.137. The van der Waals surface area contributed by atoms with E-state index in [1.165, 1.54) is 0 Å². The van der Waals surface area contributed by atoms with Gasteiger partial charge < -0.3 is 15.2 Å². The summed E-state index contributed by atoms with van der Waals surface area (Å²) in [6, 6.07) is 7.48. The second-order valence-electron chi connectivity index (χ2n) is 5.29. The Hall–Kier alpha value is -1.82. The molecule has 6 heteroatoms. The molecule has 1 aliphatic heterocycles. The van der Waals surface area contributed by atoms with Crippen LogP contribution in [0.5, 0.6) is 0 Å². The van der Waals surface area contributed by atoms with E-state index < -0.39 is 11.9 Å². The van der Waals surface area contributed by atoms with E-state index in [9.17, 15) is 9.59 Å². The largest absolute Gasteiger partial charge is 0.368 e. The lowest BCUT2D eigenvalue weighted by atomic mass is 10.2. The van der Waals surface area contributed by atoms with Crippen LogP contribution < -0.4 is 5.73 Å². The van der Waals surface area contributed by atoms with Gasteiger partial charge in [-0.05, 0) is 36.4 Å². The summed E-state index contributed by atoms with van der Waals surface area (Å²) >= 11 is 3.44. The number of nitrogens with two attached hydrogens (primary N) is 1. The standard InChI is InChI=1S/C15H16BrN3O2/c16-11-4-3-10-5-7-18(13(10)8-11)9-14(20)19-6-1-2-12(19)15(17)21/h3-5,7-8,12H,1-2,6,9H2,(H2,17,21)/t12-/m0/s1. The van der Waals surface area contributed by atoms with Crippen molar-refractivity contribution in [2.75, 3.05) is 6.54 Å². The molecule has 110 valence electrons. The molecule has 1 atom stereocenters. The highest BCUT2D eigenvalue weighted by atomic mass is 79.9. The fraction of sp³-hybridized carbons (Fsp3) is 0.333. The topological polar surface area (TPSA) is 68.3 Å². The number of aromatic nitrogens is 1. The van der Waals surface area contributed by atoms with Crippen molar-refractivity contribution in [2.45, 2.75) is 25.4 Å². The summed E-state index contributed by atoms with van der Waals surface area (Å²) in [6.07, 6.45) is 3.39. The van der Waals surface area contributed by atoms with E-state index in [0.717, 1.165) is 21.8 Å². The Morgan fingerprint density at radius 3 is 2.90 bits per heavy atom. The van der Waals surface area contributed by atoms with Gasteiger partial charge in [0.2, 0.25) is 11.8 Å². The summed E-state index contributed by atoms with van der Waals surface area (Å²) in [4.78, 5) is 25.4. The summed E-state index contributed by atoms with van der Waals surface area (Å²) in [5, 5.41) is 1.08. The molecule has 0 saturated carbocycles. The minimum Gasteiger partial charge on any atom is -0.368 e. The average molecular weight is 350 g/mol. The number of hydrogen-bond donors (Lipinski definition) is 1. The zero-order chi connectivity index (χ0) is 15.0. The average Bonchev–Trinajstić information content (AvgIpc) is 3.06. The zero-order valence-corrected chi connectivity index (χ0v) is 13.0. The van der Waals surface area contributed by atoms with Crippen LogP contribution in [0, 0.1) is 0 Å². The molecule has 0 radical (unpaired) electrons. The molecule has 5 nitrogen and oxygen atoms in total. The minimum absolute atomic E-state index is 0.0613. The quantitative estimate of drug-likeness (QED) is 0.918. The maximum atomic E-state index is 12.4. The second kappa shape index (κ2) is 5.52. The van der Waals surface area contributed by atoms with Crippen molar-refractivity contribution in [2.24, 2.45) is 5.73 Å². The van der Waals surface area contributed by atoms with Gasteiger partial charge in [-0.25, -0.2) is 0 Å². The Morgan fingerprint density at radius 2 is 2.14 bits per heavy atom. The number of amides is 2. The van der Waals surface area contributed by atoms with Crippen LogP contribution in [-0.2, 0) is 16.1 Å². The number of primary amides is 1. The molecule has 0 unspecified atom stereocenters. The summed E-state index contributed by atoms with van der Waals surface area (Å²) in [6.45, 7) is 0.832. The molecule has 21 heavy (non-hydrogen) atoms. The van der Waals surface area contributed by atoms with Gasteiger partial charge in [-0.2, -0.15) is 0 Å². The number of carbonyl (C=O) groups is 2.